The zero-order valence-corrected chi connectivity index (χ0v) is 13.7. The largest absolute Gasteiger partial charge is 0.465 e. The first-order valence-corrected chi connectivity index (χ1v) is 7.69. The summed E-state index contributed by atoms with van der Waals surface area (Å²) in [7, 11) is 1.24. The van der Waals surface area contributed by atoms with E-state index in [1.165, 1.54) is 7.11 Å². The van der Waals surface area contributed by atoms with Crippen LogP contribution in [0.5, 0.6) is 0 Å². The minimum absolute atomic E-state index is 0.0665. The van der Waals surface area contributed by atoms with Crippen LogP contribution in [0.1, 0.15) is 15.9 Å². The van der Waals surface area contributed by atoms with Gasteiger partial charge in [0.1, 0.15) is 5.56 Å². The maximum Gasteiger partial charge on any atom is 0.345 e. The van der Waals surface area contributed by atoms with Crippen LogP contribution in [-0.4, -0.2) is 18.1 Å². The minimum atomic E-state index is -0.700. The maximum absolute atomic E-state index is 12.3. The number of benzene rings is 2. The van der Waals surface area contributed by atoms with Crippen LogP contribution in [0.15, 0.2) is 53.3 Å². The molecule has 3 rings (SSSR count). The second-order valence-corrected chi connectivity index (χ2v) is 5.66. The highest BCUT2D eigenvalue weighted by atomic mass is 35.5. The molecule has 0 unspecified atom stereocenters. The fourth-order valence-electron chi connectivity index (χ4n) is 2.53. The van der Waals surface area contributed by atoms with Gasteiger partial charge in [-0.15, -0.1) is 0 Å². The predicted molar refractivity (Wildman–Crippen MR) is 94.7 cm³/mol. The lowest BCUT2D eigenvalue weighted by Crippen LogP contribution is -2.22. The van der Waals surface area contributed by atoms with E-state index in [9.17, 15) is 9.59 Å². The second kappa shape index (κ2) is 6.76. The zero-order valence-electron chi connectivity index (χ0n) is 12.9. The number of aromatic amines is 1. The van der Waals surface area contributed by atoms with E-state index in [0.717, 1.165) is 5.56 Å². The summed E-state index contributed by atoms with van der Waals surface area (Å²) in [4.78, 5) is 27.1. The molecule has 6 heteroatoms. The van der Waals surface area contributed by atoms with Crippen molar-refractivity contribution >= 4 is 34.2 Å². The molecule has 1 heterocycles. The summed E-state index contributed by atoms with van der Waals surface area (Å²) >= 11 is 6.08. The van der Waals surface area contributed by atoms with Crippen molar-refractivity contribution in [1.82, 2.24) is 4.98 Å². The number of aromatic nitrogens is 1. The third kappa shape index (κ3) is 3.12. The highest BCUT2D eigenvalue weighted by Gasteiger charge is 2.20. The summed E-state index contributed by atoms with van der Waals surface area (Å²) in [5, 5.41) is 4.34. The lowest BCUT2D eigenvalue weighted by molar-refractivity contribution is 0.0600. The van der Waals surface area contributed by atoms with Gasteiger partial charge in [0.25, 0.3) is 5.56 Å². The van der Waals surface area contributed by atoms with Crippen LogP contribution in [0, 0.1) is 0 Å². The van der Waals surface area contributed by atoms with E-state index in [-0.39, 0.29) is 5.56 Å². The number of hydrogen-bond acceptors (Lipinski definition) is 4. The smallest absolute Gasteiger partial charge is 0.345 e. The number of pyridine rings is 1. The Kier molecular flexibility index (Phi) is 4.53. The summed E-state index contributed by atoms with van der Waals surface area (Å²) in [5.74, 6) is -0.700. The SMILES string of the molecule is COC(=O)c1c(NCc2ccccc2)c2cc(Cl)ccc2[nH]c1=O. The molecule has 0 saturated heterocycles. The van der Waals surface area contributed by atoms with E-state index in [0.29, 0.717) is 28.2 Å². The third-order valence-corrected chi connectivity index (χ3v) is 3.91. The van der Waals surface area contributed by atoms with E-state index in [2.05, 4.69) is 10.3 Å². The summed E-state index contributed by atoms with van der Waals surface area (Å²) in [5.41, 5.74) is 1.44. The number of carbonyl (C=O) groups is 1. The number of anilines is 1. The molecule has 2 N–H and O–H groups in total. The Hall–Kier alpha value is -2.79. The van der Waals surface area contributed by atoms with Crippen molar-refractivity contribution in [2.75, 3.05) is 12.4 Å². The number of methoxy groups -OCH3 is 1. The van der Waals surface area contributed by atoms with Gasteiger partial charge in [0.2, 0.25) is 0 Å². The van der Waals surface area contributed by atoms with Crippen LogP contribution in [-0.2, 0) is 11.3 Å². The number of ether oxygens (including phenoxy) is 1. The first-order valence-electron chi connectivity index (χ1n) is 7.32. The van der Waals surface area contributed by atoms with Crippen LogP contribution in [0.2, 0.25) is 5.02 Å². The Bertz CT molecular complexity index is 952. The van der Waals surface area contributed by atoms with Gasteiger partial charge in [-0.05, 0) is 23.8 Å². The van der Waals surface area contributed by atoms with E-state index < -0.39 is 11.5 Å². The number of hydrogen-bond donors (Lipinski definition) is 2. The molecule has 0 radical (unpaired) electrons. The highest BCUT2D eigenvalue weighted by Crippen LogP contribution is 2.27. The van der Waals surface area contributed by atoms with Crippen molar-refractivity contribution in [3.8, 4) is 0 Å². The van der Waals surface area contributed by atoms with Gasteiger partial charge in [-0.25, -0.2) is 4.79 Å². The van der Waals surface area contributed by atoms with E-state index in [1.54, 1.807) is 18.2 Å². The molecule has 1 aromatic heterocycles. The molecule has 0 amide bonds. The van der Waals surface area contributed by atoms with E-state index >= 15 is 0 Å². The molecule has 3 aromatic rings. The molecule has 0 aliphatic carbocycles. The molecule has 24 heavy (non-hydrogen) atoms. The first kappa shape index (κ1) is 16.1. The summed E-state index contributed by atoms with van der Waals surface area (Å²) in [6.07, 6.45) is 0. The molecule has 0 atom stereocenters. The molecular formula is C18H15ClN2O3. The van der Waals surface area contributed by atoms with Crippen molar-refractivity contribution in [2.45, 2.75) is 6.54 Å². The average Bonchev–Trinajstić information content (AvgIpc) is 2.60. The number of esters is 1. The topological polar surface area (TPSA) is 71.2 Å². The standard InChI is InChI=1S/C18H15ClN2O3/c1-24-18(23)15-16(20-10-11-5-3-2-4-6-11)13-9-12(19)7-8-14(13)21-17(15)22/h2-9H,10H2,1H3,(H2,20,21,22). The first-order chi connectivity index (χ1) is 11.6. The number of halogens is 1. The van der Waals surface area contributed by atoms with Gasteiger partial charge >= 0.3 is 5.97 Å². The number of rotatable bonds is 4. The van der Waals surface area contributed by atoms with Crippen molar-refractivity contribution in [3.05, 3.63) is 75.0 Å². The average molecular weight is 343 g/mol. The lowest BCUT2D eigenvalue weighted by Gasteiger charge is -2.14. The van der Waals surface area contributed by atoms with Crippen LogP contribution in [0.4, 0.5) is 5.69 Å². The Morgan fingerprint density at radius 3 is 2.67 bits per heavy atom. The molecule has 0 aliphatic heterocycles. The predicted octanol–water partition coefficient (Wildman–Crippen LogP) is 3.58. The van der Waals surface area contributed by atoms with Gasteiger partial charge in [-0.3, -0.25) is 4.79 Å². The van der Waals surface area contributed by atoms with E-state index in [4.69, 9.17) is 16.3 Å². The Morgan fingerprint density at radius 2 is 1.96 bits per heavy atom. The van der Waals surface area contributed by atoms with Gasteiger partial charge in [-0.1, -0.05) is 41.9 Å². The Labute approximate surface area is 143 Å². The zero-order chi connectivity index (χ0) is 17.1. The molecule has 0 aliphatic rings. The fourth-order valence-corrected chi connectivity index (χ4v) is 2.70. The Morgan fingerprint density at radius 1 is 1.21 bits per heavy atom. The monoisotopic (exact) mass is 342 g/mol. The highest BCUT2D eigenvalue weighted by molar-refractivity contribution is 6.31. The molecule has 0 saturated carbocycles. The molecule has 0 bridgehead atoms. The van der Waals surface area contributed by atoms with Crippen molar-refractivity contribution in [2.24, 2.45) is 0 Å². The van der Waals surface area contributed by atoms with Crippen molar-refractivity contribution in [1.29, 1.82) is 0 Å². The summed E-state index contributed by atoms with van der Waals surface area (Å²) in [6, 6.07) is 14.8. The third-order valence-electron chi connectivity index (χ3n) is 3.68. The maximum atomic E-state index is 12.3. The van der Waals surface area contributed by atoms with E-state index in [1.807, 2.05) is 30.3 Å². The quantitative estimate of drug-likeness (QED) is 0.711. The van der Waals surface area contributed by atoms with Gasteiger partial charge in [0.05, 0.1) is 18.3 Å². The normalized spacial score (nSPS) is 10.6. The molecule has 122 valence electrons. The van der Waals surface area contributed by atoms with Gasteiger partial charge in [0.15, 0.2) is 0 Å². The van der Waals surface area contributed by atoms with Gasteiger partial charge < -0.3 is 15.0 Å². The lowest BCUT2D eigenvalue weighted by atomic mass is 10.1. The van der Waals surface area contributed by atoms with Crippen LogP contribution < -0.4 is 10.9 Å². The Balaban J connectivity index is 2.15. The summed E-state index contributed by atoms with van der Waals surface area (Å²) < 4.78 is 4.76. The number of nitrogens with one attached hydrogen (secondary N) is 2. The van der Waals surface area contributed by atoms with Crippen LogP contribution >= 0.6 is 11.6 Å². The van der Waals surface area contributed by atoms with Crippen LogP contribution in [0.25, 0.3) is 10.9 Å². The molecule has 2 aromatic carbocycles. The number of H-pyrrole nitrogens is 1. The molecule has 5 nitrogen and oxygen atoms in total. The summed E-state index contributed by atoms with van der Waals surface area (Å²) in [6.45, 7) is 0.454. The number of carbonyl (C=O) groups excluding carboxylic acids is 1. The van der Waals surface area contributed by atoms with Crippen molar-refractivity contribution < 1.29 is 9.53 Å². The fraction of sp³-hybridized carbons (Fsp3) is 0.111. The molecule has 0 fully saturated rings. The van der Waals surface area contributed by atoms with Gasteiger partial charge in [-0.2, -0.15) is 0 Å². The minimum Gasteiger partial charge on any atom is -0.465 e. The van der Waals surface area contributed by atoms with Gasteiger partial charge in [0, 0.05) is 17.0 Å². The van der Waals surface area contributed by atoms with Crippen molar-refractivity contribution in [3.63, 3.8) is 0 Å². The number of fused-ring (bicyclic) bond motifs is 1. The molecule has 0 spiro atoms. The molecular weight excluding hydrogens is 328 g/mol. The van der Waals surface area contributed by atoms with Crippen LogP contribution in [0.3, 0.4) is 0 Å². The second-order valence-electron chi connectivity index (χ2n) is 5.22.